The Labute approximate surface area is 526 Å². The van der Waals surface area contributed by atoms with Crippen molar-refractivity contribution in [1.82, 2.24) is 55.6 Å². The number of hydrogen-bond acceptors (Lipinski definition) is 13. The second-order valence-corrected chi connectivity index (χ2v) is 26.6. The summed E-state index contributed by atoms with van der Waals surface area (Å²) in [5.74, 6) is -10.3. The van der Waals surface area contributed by atoms with Gasteiger partial charge in [-0.05, 0) is 100 Å². The average Bonchev–Trinajstić information content (AvgIpc) is 1.57. The lowest BCUT2D eigenvalue weighted by atomic mass is 9.91. The topological polar surface area (TPSA) is 303 Å². The van der Waals surface area contributed by atoms with Crippen LogP contribution in [0.2, 0.25) is 0 Å². The molecule has 0 spiro atoms. The van der Waals surface area contributed by atoms with Gasteiger partial charge in [0.15, 0.2) is 0 Å². The zero-order valence-electron chi connectivity index (χ0n) is 57.4. The van der Waals surface area contributed by atoms with E-state index in [1.165, 1.54) is 80.8 Å². The quantitative estimate of drug-likeness (QED) is 0.130. The lowest BCUT2D eigenvalue weighted by Gasteiger charge is -2.41. The van der Waals surface area contributed by atoms with Crippen molar-refractivity contribution < 1.29 is 57.8 Å². The molecule has 24 nitrogen and oxygen atoms in total. The molecule has 0 bridgehead atoms. The highest BCUT2D eigenvalue weighted by atomic mass is 16.3. The third-order valence-electron chi connectivity index (χ3n) is 16.5. The maximum atomic E-state index is 15.2. The minimum atomic E-state index is -1.63. The van der Waals surface area contributed by atoms with E-state index in [0.717, 1.165) is 9.80 Å². The van der Waals surface area contributed by atoms with Crippen molar-refractivity contribution in [2.24, 2.45) is 41.4 Å². The van der Waals surface area contributed by atoms with Crippen LogP contribution in [-0.4, -0.2) is 227 Å². The number of aliphatic hydroxyl groups is 1. The summed E-state index contributed by atoms with van der Waals surface area (Å²) in [6.07, 6.45) is 2.48. The number of nitrogens with one attached hydrogen (secondary N) is 4. The summed E-state index contributed by atoms with van der Waals surface area (Å²) in [5, 5.41) is 32.8. The minimum Gasteiger partial charge on any atom is -0.390 e. The highest BCUT2D eigenvalue weighted by Crippen LogP contribution is 2.26. The molecule has 0 aromatic heterocycles. The molecule has 12 atom stereocenters. The van der Waals surface area contributed by atoms with Gasteiger partial charge in [0.1, 0.15) is 60.4 Å². The van der Waals surface area contributed by atoms with Gasteiger partial charge in [0.05, 0.1) is 18.7 Å². The molecule has 1 heterocycles. The van der Waals surface area contributed by atoms with Crippen LogP contribution in [0.25, 0.3) is 0 Å². The van der Waals surface area contributed by atoms with E-state index in [4.69, 9.17) is 0 Å². The van der Waals surface area contributed by atoms with Crippen LogP contribution < -0.4 is 21.3 Å². The largest absolute Gasteiger partial charge is 0.390 e. The molecule has 0 radical (unpaired) electrons. The van der Waals surface area contributed by atoms with Gasteiger partial charge in [-0.25, -0.2) is 0 Å². The summed E-state index contributed by atoms with van der Waals surface area (Å²) in [7, 11) is 9.79. The lowest BCUT2D eigenvalue weighted by Crippen LogP contribution is -2.63. The molecule has 0 aromatic carbocycles. The Kier molecular flexibility index (Phi) is 33.1. The van der Waals surface area contributed by atoms with Crippen LogP contribution in [0.15, 0.2) is 12.2 Å². The molecule has 500 valence electrons. The van der Waals surface area contributed by atoms with E-state index in [9.17, 15) is 48.7 Å². The van der Waals surface area contributed by atoms with Gasteiger partial charge in [-0.3, -0.25) is 52.7 Å². The molecule has 1 aliphatic heterocycles. The second kappa shape index (κ2) is 36.7. The Bertz CT molecular complexity index is 2460. The van der Waals surface area contributed by atoms with Gasteiger partial charge in [0, 0.05) is 55.8 Å². The van der Waals surface area contributed by atoms with Crippen LogP contribution in [0.3, 0.4) is 0 Å². The summed E-state index contributed by atoms with van der Waals surface area (Å²) in [4.78, 5) is 170. The Morgan fingerprint density at radius 2 is 0.943 bits per heavy atom. The van der Waals surface area contributed by atoms with Crippen LogP contribution in [0.5, 0.6) is 0 Å². The van der Waals surface area contributed by atoms with Crippen molar-refractivity contribution in [3.8, 4) is 6.07 Å². The fourth-order valence-corrected chi connectivity index (χ4v) is 11.0. The number of carbonyl (C=O) groups is 11. The molecule has 0 aliphatic carbocycles. The van der Waals surface area contributed by atoms with E-state index >= 15 is 14.4 Å². The maximum Gasteiger partial charge on any atom is 0.246 e. The third-order valence-corrected chi connectivity index (χ3v) is 16.5. The monoisotopic (exact) mass is 1240 g/mol. The zero-order valence-corrected chi connectivity index (χ0v) is 57.4. The van der Waals surface area contributed by atoms with Gasteiger partial charge in [-0.1, -0.05) is 109 Å². The van der Waals surface area contributed by atoms with E-state index in [2.05, 4.69) is 21.3 Å². The molecular formula is C64H112N12O12. The predicted molar refractivity (Wildman–Crippen MR) is 338 cm³/mol. The molecule has 1 aliphatic rings. The number of nitrogens with zero attached hydrogens (tertiary/aromatic N) is 8. The summed E-state index contributed by atoms with van der Waals surface area (Å²) in [6, 6.07) is -10.8. The van der Waals surface area contributed by atoms with Gasteiger partial charge in [-0.2, -0.15) is 5.26 Å². The van der Waals surface area contributed by atoms with Gasteiger partial charge >= 0.3 is 0 Å². The summed E-state index contributed by atoms with van der Waals surface area (Å²) in [6.45, 7) is 27.6. The van der Waals surface area contributed by atoms with E-state index in [1.54, 1.807) is 60.6 Å². The molecule has 88 heavy (non-hydrogen) atoms. The molecule has 0 saturated carbocycles. The fourth-order valence-electron chi connectivity index (χ4n) is 11.0. The molecule has 5 N–H and O–H groups in total. The van der Waals surface area contributed by atoms with E-state index in [1.807, 2.05) is 61.5 Å². The predicted octanol–water partition coefficient (Wildman–Crippen LogP) is 3.55. The van der Waals surface area contributed by atoms with Gasteiger partial charge < -0.3 is 60.7 Å². The zero-order chi connectivity index (χ0) is 68.1. The SMILES string of the molecule is C/C=C/C[C@@H](C)[C@@H](O)[C@H]1C(=O)N[C@@H](CC)C(=O)N(C)CC(=O)N(C)[C@@H](CC(C)C)C(=O)N[C@@H](C(C)C)C(=O)N(C)[C@@H](CC(C)C)C(=O)N[C@@H](C)C(=O)N[C@H](CCC#N)C(=O)N(C)[C@@H](CC(C)C)C(=O)N(C)[C@@H](CC(C)C)C(=O)N(C)[C@@H](C(C)C)C(=O)N1C. The van der Waals surface area contributed by atoms with Crippen LogP contribution in [-0.2, 0) is 52.7 Å². The van der Waals surface area contributed by atoms with Crippen molar-refractivity contribution in [1.29, 1.82) is 5.26 Å². The number of rotatable bonds is 17. The highest BCUT2D eigenvalue weighted by molar-refractivity contribution is 5.99. The highest BCUT2D eigenvalue weighted by Gasteiger charge is 2.46. The summed E-state index contributed by atoms with van der Waals surface area (Å²) >= 11 is 0. The number of likely N-dealkylation sites (N-methyl/N-ethyl adjacent to an activating group) is 7. The summed E-state index contributed by atoms with van der Waals surface area (Å²) < 4.78 is 0. The molecule has 1 rings (SSSR count). The normalized spacial score (nSPS) is 26.3. The van der Waals surface area contributed by atoms with Crippen LogP contribution in [0.1, 0.15) is 162 Å². The van der Waals surface area contributed by atoms with Crippen molar-refractivity contribution >= 4 is 65.0 Å². The number of amides is 11. The minimum absolute atomic E-state index is 0.0117. The third kappa shape index (κ3) is 22.4. The first-order valence-electron chi connectivity index (χ1n) is 31.5. The van der Waals surface area contributed by atoms with Crippen molar-refractivity contribution in [3.63, 3.8) is 0 Å². The average molecular weight is 1240 g/mol. The van der Waals surface area contributed by atoms with Gasteiger partial charge in [0.2, 0.25) is 65.0 Å². The number of nitriles is 1. The number of carbonyl (C=O) groups excluding carboxylic acids is 11. The molecule has 1 fully saturated rings. The number of hydrogen-bond donors (Lipinski definition) is 5. The Morgan fingerprint density at radius 3 is 1.40 bits per heavy atom. The smallest absolute Gasteiger partial charge is 0.246 e. The Morgan fingerprint density at radius 1 is 0.511 bits per heavy atom. The molecular weight excluding hydrogens is 1130 g/mol. The molecule has 1 saturated heterocycles. The van der Waals surface area contributed by atoms with Crippen molar-refractivity contribution in [3.05, 3.63) is 12.2 Å². The van der Waals surface area contributed by atoms with Gasteiger partial charge in [0.25, 0.3) is 0 Å². The molecule has 0 aromatic rings. The molecule has 11 amide bonds. The van der Waals surface area contributed by atoms with E-state index in [-0.39, 0.29) is 68.6 Å². The Balaban J connectivity index is 4.42. The number of allylic oxidation sites excluding steroid dienone is 2. The van der Waals surface area contributed by atoms with Crippen molar-refractivity contribution in [2.45, 2.75) is 229 Å². The van der Waals surface area contributed by atoms with Crippen molar-refractivity contribution in [2.75, 3.05) is 55.9 Å². The maximum absolute atomic E-state index is 15.2. The molecule has 0 unspecified atom stereocenters. The van der Waals surface area contributed by atoms with Crippen LogP contribution >= 0.6 is 0 Å². The lowest BCUT2D eigenvalue weighted by molar-refractivity contribution is -0.157. The van der Waals surface area contributed by atoms with Crippen LogP contribution in [0.4, 0.5) is 0 Å². The van der Waals surface area contributed by atoms with Crippen LogP contribution in [0, 0.1) is 52.8 Å². The van der Waals surface area contributed by atoms with E-state index < -0.39 is 156 Å². The Hall–Kier alpha value is -6.64. The standard InChI is InChI=1S/C64H112N12O12/c1-24-26-28-42(15)54(78)53-58(82)67-44(25-2)59(83)70(17)35-50(77)71(18)46(31-36(3)4)57(81)69-51(40(11)12)63(87)72(19)47(32-37(5)6)56(80)66-43(16)55(79)68-45(29-27-30-65)60(84)73(20)48(33-38(7)8)61(85)74(21)49(34-39(9)10)62(86)75(22)52(41(13)14)64(88)76(53)23/h24,26,36-49,51-54,78H,25,27-29,31-35H2,1-23H3,(H,66,80)(H,67,82)(H,68,79)(H,69,81)/b26-24+/t42-,43+,44+,45-,46+,47+,48+,49+,51+,52+,53+,54-/m1/s1. The van der Waals surface area contributed by atoms with Gasteiger partial charge in [-0.15, -0.1) is 0 Å². The first-order valence-corrected chi connectivity index (χ1v) is 31.5. The first kappa shape index (κ1) is 79.4. The summed E-state index contributed by atoms with van der Waals surface area (Å²) in [5.41, 5.74) is 0. The number of aliphatic hydroxyl groups excluding tert-OH is 1. The first-order chi connectivity index (χ1) is 40.7. The van der Waals surface area contributed by atoms with E-state index in [0.29, 0.717) is 6.42 Å². The fraction of sp³-hybridized carbons (Fsp3) is 0.781. The second-order valence-electron chi connectivity index (χ2n) is 26.6. The molecule has 24 heteroatoms.